The average Bonchev–Trinajstić information content (AvgIpc) is 2.41. The topological polar surface area (TPSA) is 9.23 Å². The van der Waals surface area contributed by atoms with Gasteiger partial charge in [0.1, 0.15) is 5.75 Å². The molecule has 0 aliphatic heterocycles. The Hall–Kier alpha value is -1.18. The molecule has 1 atom stereocenters. The van der Waals surface area contributed by atoms with Gasteiger partial charge in [0, 0.05) is 5.02 Å². The molecule has 2 aromatic carbocycles. The number of benzene rings is 2. The van der Waals surface area contributed by atoms with Gasteiger partial charge in [-0.25, -0.2) is 0 Å². The Morgan fingerprint density at radius 3 is 2.68 bits per heavy atom. The Morgan fingerprint density at radius 2 is 1.95 bits per heavy atom. The molecule has 0 aromatic heterocycles. The first-order valence-corrected chi connectivity index (χ1v) is 6.94. The van der Waals surface area contributed by atoms with E-state index < -0.39 is 0 Å². The van der Waals surface area contributed by atoms with Crippen molar-refractivity contribution in [1.82, 2.24) is 0 Å². The van der Waals surface area contributed by atoms with E-state index in [1.165, 1.54) is 0 Å². The molecule has 0 aliphatic carbocycles. The van der Waals surface area contributed by atoms with Crippen LogP contribution < -0.4 is 4.74 Å². The summed E-state index contributed by atoms with van der Waals surface area (Å²) in [6.45, 7) is 2.05. The van der Waals surface area contributed by atoms with Gasteiger partial charge in [-0.1, -0.05) is 29.8 Å². The molecular formula is C16H16Cl2O. The van der Waals surface area contributed by atoms with Crippen LogP contribution in [-0.4, -0.2) is 7.11 Å². The molecule has 0 bridgehead atoms. The maximum atomic E-state index is 6.51. The van der Waals surface area contributed by atoms with Crippen LogP contribution in [0.4, 0.5) is 0 Å². The Balaban J connectivity index is 2.20. The molecule has 0 N–H and O–H groups in total. The SMILES string of the molecule is COc1cccc(CC(Cl)c2cc(Cl)ccc2C)c1. The second-order valence-electron chi connectivity index (χ2n) is 4.52. The normalized spacial score (nSPS) is 12.2. The fourth-order valence-corrected chi connectivity index (χ4v) is 2.66. The summed E-state index contributed by atoms with van der Waals surface area (Å²) >= 11 is 12.5. The van der Waals surface area contributed by atoms with E-state index in [1.54, 1.807) is 7.11 Å². The zero-order valence-corrected chi connectivity index (χ0v) is 12.5. The highest BCUT2D eigenvalue weighted by molar-refractivity contribution is 6.30. The number of hydrogen-bond acceptors (Lipinski definition) is 1. The summed E-state index contributed by atoms with van der Waals surface area (Å²) in [5, 5.41) is 0.627. The van der Waals surface area contributed by atoms with E-state index in [1.807, 2.05) is 43.3 Å². The van der Waals surface area contributed by atoms with Crippen LogP contribution >= 0.6 is 23.2 Å². The largest absolute Gasteiger partial charge is 0.497 e. The van der Waals surface area contributed by atoms with Gasteiger partial charge in [-0.15, -0.1) is 11.6 Å². The highest BCUT2D eigenvalue weighted by Crippen LogP contribution is 2.30. The highest BCUT2D eigenvalue weighted by atomic mass is 35.5. The van der Waals surface area contributed by atoms with Gasteiger partial charge < -0.3 is 4.74 Å². The van der Waals surface area contributed by atoms with Gasteiger partial charge in [-0.2, -0.15) is 0 Å². The number of alkyl halides is 1. The number of rotatable bonds is 4. The quantitative estimate of drug-likeness (QED) is 0.706. The van der Waals surface area contributed by atoms with Gasteiger partial charge in [-0.05, 0) is 54.3 Å². The van der Waals surface area contributed by atoms with Gasteiger partial charge in [0.25, 0.3) is 0 Å². The van der Waals surface area contributed by atoms with Crippen molar-refractivity contribution in [1.29, 1.82) is 0 Å². The summed E-state index contributed by atoms with van der Waals surface area (Å²) in [5.74, 6) is 0.851. The minimum atomic E-state index is -0.0918. The molecule has 0 spiro atoms. The number of aryl methyl sites for hydroxylation is 1. The lowest BCUT2D eigenvalue weighted by molar-refractivity contribution is 0.414. The Kier molecular flexibility index (Phi) is 4.73. The minimum Gasteiger partial charge on any atom is -0.497 e. The first kappa shape index (κ1) is 14.2. The standard InChI is InChI=1S/C16H16Cl2O/c1-11-6-7-13(17)10-15(11)16(18)9-12-4-3-5-14(8-12)19-2/h3-8,10,16H,9H2,1-2H3. The van der Waals surface area contributed by atoms with E-state index in [9.17, 15) is 0 Å². The lowest BCUT2D eigenvalue weighted by Crippen LogP contribution is -1.99. The van der Waals surface area contributed by atoms with E-state index in [0.29, 0.717) is 0 Å². The fourth-order valence-electron chi connectivity index (χ4n) is 2.07. The van der Waals surface area contributed by atoms with E-state index in [2.05, 4.69) is 6.07 Å². The summed E-state index contributed by atoms with van der Waals surface area (Å²) in [7, 11) is 1.67. The van der Waals surface area contributed by atoms with Gasteiger partial charge in [0.2, 0.25) is 0 Å². The number of methoxy groups -OCH3 is 1. The molecule has 1 nitrogen and oxygen atoms in total. The molecule has 0 amide bonds. The fraction of sp³-hybridized carbons (Fsp3) is 0.250. The Labute approximate surface area is 124 Å². The van der Waals surface area contributed by atoms with E-state index >= 15 is 0 Å². The third-order valence-electron chi connectivity index (χ3n) is 3.13. The molecular weight excluding hydrogens is 279 g/mol. The van der Waals surface area contributed by atoms with Crippen LogP contribution in [0.3, 0.4) is 0 Å². The molecule has 2 aromatic rings. The minimum absolute atomic E-state index is 0.0918. The zero-order chi connectivity index (χ0) is 13.8. The van der Waals surface area contributed by atoms with E-state index in [-0.39, 0.29) is 5.38 Å². The van der Waals surface area contributed by atoms with Crippen molar-refractivity contribution in [2.24, 2.45) is 0 Å². The molecule has 2 rings (SSSR count). The van der Waals surface area contributed by atoms with Crippen molar-refractivity contribution in [3.63, 3.8) is 0 Å². The van der Waals surface area contributed by atoms with Crippen molar-refractivity contribution in [2.45, 2.75) is 18.7 Å². The van der Waals surface area contributed by atoms with E-state index in [0.717, 1.165) is 33.9 Å². The van der Waals surface area contributed by atoms with Crippen LogP contribution in [0, 0.1) is 6.92 Å². The summed E-state index contributed by atoms with van der Waals surface area (Å²) in [4.78, 5) is 0. The maximum absolute atomic E-state index is 6.51. The monoisotopic (exact) mass is 294 g/mol. The van der Waals surface area contributed by atoms with Crippen molar-refractivity contribution in [3.8, 4) is 5.75 Å². The van der Waals surface area contributed by atoms with Crippen LogP contribution in [0.15, 0.2) is 42.5 Å². The van der Waals surface area contributed by atoms with Crippen LogP contribution in [0.5, 0.6) is 5.75 Å². The lowest BCUT2D eigenvalue weighted by atomic mass is 10.00. The average molecular weight is 295 g/mol. The molecule has 0 fully saturated rings. The first-order chi connectivity index (χ1) is 9.10. The summed E-state index contributed by atoms with van der Waals surface area (Å²) in [6.07, 6.45) is 0.750. The molecule has 0 saturated carbocycles. The van der Waals surface area contributed by atoms with Crippen LogP contribution in [0.25, 0.3) is 0 Å². The molecule has 100 valence electrons. The van der Waals surface area contributed by atoms with Crippen molar-refractivity contribution in [2.75, 3.05) is 7.11 Å². The zero-order valence-electron chi connectivity index (χ0n) is 11.0. The van der Waals surface area contributed by atoms with Gasteiger partial charge in [-0.3, -0.25) is 0 Å². The lowest BCUT2D eigenvalue weighted by Gasteiger charge is -2.14. The Morgan fingerprint density at radius 1 is 1.16 bits per heavy atom. The molecule has 0 radical (unpaired) electrons. The first-order valence-electron chi connectivity index (χ1n) is 6.13. The van der Waals surface area contributed by atoms with Crippen molar-refractivity contribution in [3.05, 3.63) is 64.2 Å². The molecule has 0 saturated heterocycles. The van der Waals surface area contributed by atoms with E-state index in [4.69, 9.17) is 27.9 Å². The predicted octanol–water partition coefficient (Wildman–Crippen LogP) is 5.18. The summed E-state index contributed by atoms with van der Waals surface area (Å²) in [6, 6.07) is 13.8. The molecule has 0 aliphatic rings. The summed E-state index contributed by atoms with van der Waals surface area (Å²) in [5.41, 5.74) is 3.39. The van der Waals surface area contributed by atoms with Gasteiger partial charge in [0.05, 0.1) is 12.5 Å². The molecule has 0 heterocycles. The van der Waals surface area contributed by atoms with Crippen molar-refractivity contribution < 1.29 is 4.74 Å². The predicted molar refractivity (Wildman–Crippen MR) is 81.5 cm³/mol. The molecule has 3 heteroatoms. The van der Waals surface area contributed by atoms with Gasteiger partial charge in [0.15, 0.2) is 0 Å². The second-order valence-corrected chi connectivity index (χ2v) is 5.49. The smallest absolute Gasteiger partial charge is 0.119 e. The maximum Gasteiger partial charge on any atom is 0.119 e. The second kappa shape index (κ2) is 6.31. The highest BCUT2D eigenvalue weighted by Gasteiger charge is 2.12. The number of halogens is 2. The van der Waals surface area contributed by atoms with Gasteiger partial charge >= 0.3 is 0 Å². The number of hydrogen-bond donors (Lipinski definition) is 0. The third kappa shape index (κ3) is 3.65. The van der Waals surface area contributed by atoms with Crippen LogP contribution in [-0.2, 0) is 6.42 Å². The molecule has 19 heavy (non-hydrogen) atoms. The van der Waals surface area contributed by atoms with Crippen LogP contribution in [0.2, 0.25) is 5.02 Å². The summed E-state index contributed by atoms with van der Waals surface area (Å²) < 4.78 is 5.22. The third-order valence-corrected chi connectivity index (χ3v) is 3.75. The van der Waals surface area contributed by atoms with Crippen LogP contribution in [0.1, 0.15) is 22.1 Å². The van der Waals surface area contributed by atoms with Crippen molar-refractivity contribution >= 4 is 23.2 Å². The number of ether oxygens (including phenoxy) is 1. The Bertz CT molecular complexity index is 566. The molecule has 1 unspecified atom stereocenters.